The third-order valence-electron chi connectivity index (χ3n) is 3.32. The summed E-state index contributed by atoms with van der Waals surface area (Å²) in [6, 6.07) is 3.25. The minimum Gasteiger partial charge on any atom is -0.326 e. The Morgan fingerprint density at radius 3 is 2.68 bits per heavy atom. The van der Waals surface area contributed by atoms with E-state index in [-0.39, 0.29) is 5.03 Å². The highest BCUT2D eigenvalue weighted by molar-refractivity contribution is 7.89. The predicted octanol–water partition coefficient (Wildman–Crippen LogP) is -0.133. The Balaban J connectivity index is 2.20. The molecule has 1 aliphatic heterocycles. The third kappa shape index (κ3) is 3.30. The minimum absolute atomic E-state index is 0.106. The molecule has 2 N–H and O–H groups in total. The summed E-state index contributed by atoms with van der Waals surface area (Å²) in [6.07, 6.45) is 2.37. The number of nitrogens with zero attached hydrogens (tertiary/aromatic N) is 3. The Morgan fingerprint density at radius 1 is 1.26 bits per heavy atom. The van der Waals surface area contributed by atoms with Gasteiger partial charge < -0.3 is 10.6 Å². The first-order valence-corrected chi connectivity index (χ1v) is 7.82. The maximum Gasteiger partial charge on any atom is 0.260 e. The topological polar surface area (TPSA) is 79.5 Å². The molecule has 0 bridgehead atoms. The molecule has 2 rings (SSSR count). The van der Waals surface area contributed by atoms with E-state index in [9.17, 15) is 8.42 Å². The second-order valence-electron chi connectivity index (χ2n) is 4.77. The second-order valence-corrected chi connectivity index (χ2v) is 6.65. The van der Waals surface area contributed by atoms with Crippen molar-refractivity contribution < 1.29 is 8.42 Å². The first-order valence-electron chi connectivity index (χ1n) is 6.38. The molecule has 6 nitrogen and oxygen atoms in total. The molecule has 1 aromatic heterocycles. The molecule has 1 saturated heterocycles. The normalized spacial score (nSPS) is 19.3. The van der Waals surface area contributed by atoms with Crippen molar-refractivity contribution in [2.45, 2.75) is 18.0 Å². The van der Waals surface area contributed by atoms with Gasteiger partial charge in [-0.05, 0) is 31.6 Å². The highest BCUT2D eigenvalue weighted by atomic mass is 32.2. The summed E-state index contributed by atoms with van der Waals surface area (Å²) in [5, 5.41) is 0.106. The highest BCUT2D eigenvalue weighted by Crippen LogP contribution is 2.15. The summed E-state index contributed by atoms with van der Waals surface area (Å²) in [7, 11) is -1.47. The van der Waals surface area contributed by atoms with E-state index in [4.69, 9.17) is 5.73 Å². The van der Waals surface area contributed by atoms with Crippen molar-refractivity contribution in [3.05, 3.63) is 23.9 Å². The zero-order valence-corrected chi connectivity index (χ0v) is 11.9. The summed E-state index contributed by atoms with van der Waals surface area (Å²) in [4.78, 5) is 6.16. The Hall–Kier alpha value is -1.02. The van der Waals surface area contributed by atoms with Gasteiger partial charge in [0, 0.05) is 32.4 Å². The van der Waals surface area contributed by atoms with Crippen molar-refractivity contribution in [2.75, 3.05) is 33.2 Å². The van der Waals surface area contributed by atoms with Gasteiger partial charge in [-0.25, -0.2) is 13.4 Å². The molecule has 0 aromatic carbocycles. The smallest absolute Gasteiger partial charge is 0.260 e. The molecule has 1 aromatic rings. The summed E-state index contributed by atoms with van der Waals surface area (Å²) >= 11 is 0. The van der Waals surface area contributed by atoms with Crippen LogP contribution in [0.5, 0.6) is 0 Å². The molecule has 0 amide bonds. The van der Waals surface area contributed by atoms with Gasteiger partial charge in [0.15, 0.2) is 5.03 Å². The van der Waals surface area contributed by atoms with Crippen molar-refractivity contribution in [2.24, 2.45) is 5.73 Å². The van der Waals surface area contributed by atoms with Crippen molar-refractivity contribution >= 4 is 10.0 Å². The van der Waals surface area contributed by atoms with Crippen LogP contribution in [0.4, 0.5) is 0 Å². The quantitative estimate of drug-likeness (QED) is 0.836. The van der Waals surface area contributed by atoms with E-state index >= 15 is 0 Å². The van der Waals surface area contributed by atoms with Gasteiger partial charge in [0.2, 0.25) is 0 Å². The van der Waals surface area contributed by atoms with Crippen LogP contribution >= 0.6 is 0 Å². The zero-order valence-electron chi connectivity index (χ0n) is 11.1. The van der Waals surface area contributed by atoms with Crippen molar-refractivity contribution in [3.63, 3.8) is 0 Å². The van der Waals surface area contributed by atoms with Gasteiger partial charge in [-0.2, -0.15) is 4.31 Å². The van der Waals surface area contributed by atoms with Crippen LogP contribution in [-0.2, 0) is 16.6 Å². The Bertz CT molecular complexity index is 515. The third-order valence-corrected chi connectivity index (χ3v) is 5.13. The van der Waals surface area contributed by atoms with Crippen LogP contribution in [0.2, 0.25) is 0 Å². The molecule has 1 aliphatic rings. The number of hydrogen-bond donors (Lipinski definition) is 1. The van der Waals surface area contributed by atoms with Gasteiger partial charge in [0.1, 0.15) is 0 Å². The van der Waals surface area contributed by atoms with Gasteiger partial charge in [0.05, 0.1) is 0 Å². The van der Waals surface area contributed by atoms with E-state index in [0.29, 0.717) is 19.6 Å². The Labute approximate surface area is 114 Å². The lowest BCUT2D eigenvalue weighted by molar-refractivity contribution is 0.347. The summed E-state index contributed by atoms with van der Waals surface area (Å²) in [5.41, 5.74) is 6.31. The molecule has 2 heterocycles. The molecular weight excluding hydrogens is 264 g/mol. The number of pyridine rings is 1. The minimum atomic E-state index is -3.48. The van der Waals surface area contributed by atoms with Crippen molar-refractivity contribution in [1.82, 2.24) is 14.2 Å². The molecule has 0 unspecified atom stereocenters. The molecule has 0 spiro atoms. The fourth-order valence-electron chi connectivity index (χ4n) is 2.08. The van der Waals surface area contributed by atoms with Crippen LogP contribution in [0.25, 0.3) is 0 Å². The second kappa shape index (κ2) is 5.96. The predicted molar refractivity (Wildman–Crippen MR) is 73.0 cm³/mol. The molecule has 19 heavy (non-hydrogen) atoms. The van der Waals surface area contributed by atoms with Gasteiger partial charge in [-0.15, -0.1) is 0 Å². The molecule has 7 heteroatoms. The Kier molecular flexibility index (Phi) is 4.51. The summed E-state index contributed by atoms with van der Waals surface area (Å²) in [5.74, 6) is 0. The van der Waals surface area contributed by atoms with Gasteiger partial charge in [0.25, 0.3) is 10.0 Å². The van der Waals surface area contributed by atoms with Gasteiger partial charge in [-0.1, -0.05) is 6.07 Å². The molecule has 106 valence electrons. The maximum absolute atomic E-state index is 12.5. The lowest BCUT2D eigenvalue weighted by Crippen LogP contribution is -2.35. The van der Waals surface area contributed by atoms with E-state index in [0.717, 1.165) is 25.1 Å². The average Bonchev–Trinajstić information content (AvgIpc) is 2.64. The SMILES string of the molecule is CN1CCCN(S(=O)(=O)c2ccc(CN)cn2)CC1. The lowest BCUT2D eigenvalue weighted by Gasteiger charge is -2.19. The number of sulfonamides is 1. The molecular formula is C12H20N4O2S. The zero-order chi connectivity index (χ0) is 13.9. The van der Waals surface area contributed by atoms with Crippen LogP contribution in [0.15, 0.2) is 23.4 Å². The molecule has 0 aliphatic carbocycles. The van der Waals surface area contributed by atoms with E-state index in [1.165, 1.54) is 16.6 Å². The van der Waals surface area contributed by atoms with Crippen LogP contribution < -0.4 is 5.73 Å². The average molecular weight is 284 g/mol. The van der Waals surface area contributed by atoms with E-state index in [1.54, 1.807) is 6.07 Å². The van der Waals surface area contributed by atoms with Crippen molar-refractivity contribution in [3.8, 4) is 0 Å². The molecule has 0 atom stereocenters. The molecule has 0 saturated carbocycles. The largest absolute Gasteiger partial charge is 0.326 e. The van der Waals surface area contributed by atoms with Crippen LogP contribution in [0, 0.1) is 0 Å². The first kappa shape index (κ1) is 14.4. The van der Waals surface area contributed by atoms with Gasteiger partial charge in [-0.3, -0.25) is 0 Å². The monoisotopic (exact) mass is 284 g/mol. The summed E-state index contributed by atoms with van der Waals surface area (Å²) < 4.78 is 26.4. The lowest BCUT2D eigenvalue weighted by atomic mass is 10.3. The van der Waals surface area contributed by atoms with E-state index in [1.807, 2.05) is 7.05 Å². The number of rotatable bonds is 3. The summed E-state index contributed by atoms with van der Waals surface area (Å²) in [6.45, 7) is 3.10. The highest BCUT2D eigenvalue weighted by Gasteiger charge is 2.27. The number of likely N-dealkylation sites (N-methyl/N-ethyl adjacent to an activating group) is 1. The Morgan fingerprint density at radius 2 is 2.05 bits per heavy atom. The molecule has 1 fully saturated rings. The van der Waals surface area contributed by atoms with Crippen LogP contribution in [0.1, 0.15) is 12.0 Å². The van der Waals surface area contributed by atoms with Gasteiger partial charge >= 0.3 is 0 Å². The maximum atomic E-state index is 12.5. The number of nitrogens with two attached hydrogens (primary N) is 1. The number of hydrogen-bond acceptors (Lipinski definition) is 5. The fourth-order valence-corrected chi connectivity index (χ4v) is 3.46. The first-order chi connectivity index (χ1) is 9.04. The number of aromatic nitrogens is 1. The van der Waals surface area contributed by atoms with Crippen LogP contribution in [0.3, 0.4) is 0 Å². The fraction of sp³-hybridized carbons (Fsp3) is 0.583. The van der Waals surface area contributed by atoms with E-state index < -0.39 is 10.0 Å². The molecule has 0 radical (unpaired) electrons. The van der Waals surface area contributed by atoms with E-state index in [2.05, 4.69) is 9.88 Å². The van der Waals surface area contributed by atoms with Crippen molar-refractivity contribution in [1.29, 1.82) is 0 Å². The standard InChI is InChI=1S/C12H20N4O2S/c1-15-5-2-6-16(8-7-15)19(17,18)12-4-3-11(9-13)10-14-12/h3-4,10H,2,5-9,13H2,1H3. The van der Waals surface area contributed by atoms with Crippen LogP contribution in [-0.4, -0.2) is 55.8 Å².